The van der Waals surface area contributed by atoms with Gasteiger partial charge in [-0.15, -0.1) is 0 Å². The minimum absolute atomic E-state index is 0.0315. The average molecular weight is 374 g/mol. The molecule has 0 spiro atoms. The number of hydrogen-bond acceptors (Lipinski definition) is 5. The third kappa shape index (κ3) is 6.13. The summed E-state index contributed by atoms with van der Waals surface area (Å²) in [6.07, 6.45) is 2.29. The topological polar surface area (TPSA) is 59.1 Å². The molecule has 0 N–H and O–H groups in total. The van der Waals surface area contributed by atoms with Crippen molar-refractivity contribution in [3.05, 3.63) is 35.9 Å². The summed E-state index contributed by atoms with van der Waals surface area (Å²) in [6.45, 7) is 6.34. The van der Waals surface area contributed by atoms with Gasteiger partial charge in [-0.2, -0.15) is 0 Å². The first-order valence-electron chi connectivity index (χ1n) is 9.99. The van der Waals surface area contributed by atoms with E-state index in [1.165, 1.54) is 0 Å². The van der Waals surface area contributed by atoms with Crippen LogP contribution in [0.25, 0.3) is 0 Å². The van der Waals surface area contributed by atoms with E-state index in [-0.39, 0.29) is 30.6 Å². The van der Waals surface area contributed by atoms with Crippen LogP contribution in [0.15, 0.2) is 30.3 Å². The Morgan fingerprint density at radius 1 is 0.963 bits per heavy atom. The van der Waals surface area contributed by atoms with Crippen LogP contribution < -0.4 is 0 Å². The molecule has 2 aliphatic rings. The van der Waals surface area contributed by atoms with Gasteiger partial charge in [0, 0.05) is 63.8 Å². The van der Waals surface area contributed by atoms with E-state index in [0.29, 0.717) is 25.3 Å². The number of Topliss-reactive ketones (excluding diaryl/α,β-unsaturated/α-hetero) is 1. The third-order valence-electron chi connectivity index (χ3n) is 5.37. The molecule has 0 radical (unpaired) electrons. The second-order valence-electron chi connectivity index (χ2n) is 7.17. The van der Waals surface area contributed by atoms with E-state index in [2.05, 4.69) is 4.90 Å². The monoisotopic (exact) mass is 374 g/mol. The summed E-state index contributed by atoms with van der Waals surface area (Å²) in [7, 11) is 0. The van der Waals surface area contributed by atoms with Crippen molar-refractivity contribution in [2.45, 2.75) is 31.7 Å². The molecule has 3 rings (SSSR count). The molecule has 1 amide bonds. The van der Waals surface area contributed by atoms with Crippen LogP contribution >= 0.6 is 0 Å². The van der Waals surface area contributed by atoms with Gasteiger partial charge in [-0.3, -0.25) is 14.5 Å². The second kappa shape index (κ2) is 10.5. The van der Waals surface area contributed by atoms with Crippen molar-refractivity contribution < 1.29 is 19.1 Å². The van der Waals surface area contributed by atoms with Crippen LogP contribution in [0.5, 0.6) is 0 Å². The predicted octanol–water partition coefficient (Wildman–Crippen LogP) is 1.99. The molecule has 1 aromatic rings. The summed E-state index contributed by atoms with van der Waals surface area (Å²) >= 11 is 0. The van der Waals surface area contributed by atoms with Crippen LogP contribution in [-0.2, 0) is 14.3 Å². The van der Waals surface area contributed by atoms with Gasteiger partial charge in [0.05, 0.1) is 13.2 Å². The first-order valence-corrected chi connectivity index (χ1v) is 9.99. The van der Waals surface area contributed by atoms with Gasteiger partial charge in [-0.1, -0.05) is 30.3 Å². The van der Waals surface area contributed by atoms with Crippen LogP contribution in [0.3, 0.4) is 0 Å². The summed E-state index contributed by atoms with van der Waals surface area (Å²) in [5.74, 6) is 0.114. The predicted molar refractivity (Wildman–Crippen MR) is 103 cm³/mol. The quantitative estimate of drug-likeness (QED) is 0.652. The molecule has 1 aromatic carbocycles. The number of morpholine rings is 1. The van der Waals surface area contributed by atoms with E-state index >= 15 is 0 Å². The average Bonchev–Trinajstić information content (AvgIpc) is 2.74. The Morgan fingerprint density at radius 3 is 2.33 bits per heavy atom. The third-order valence-corrected chi connectivity index (χ3v) is 5.37. The first-order chi connectivity index (χ1) is 13.2. The fourth-order valence-corrected chi connectivity index (χ4v) is 3.71. The number of ketones is 1. The summed E-state index contributed by atoms with van der Waals surface area (Å²) in [4.78, 5) is 29.6. The van der Waals surface area contributed by atoms with Crippen molar-refractivity contribution in [3.63, 3.8) is 0 Å². The van der Waals surface area contributed by atoms with Gasteiger partial charge in [0.1, 0.15) is 0 Å². The molecule has 0 aliphatic carbocycles. The number of ether oxygens (including phenoxy) is 2. The Labute approximate surface area is 161 Å². The standard InChI is InChI=1S/C21H30N2O4/c24-20(18-4-2-1-3-5-18)6-7-21(25)23(19-8-14-26-15-9-19)11-10-22-12-16-27-17-13-22/h1-5,19H,6-17H2. The number of nitrogens with zero attached hydrogens (tertiary/aromatic N) is 2. The molecule has 2 heterocycles. The van der Waals surface area contributed by atoms with Gasteiger partial charge in [0.15, 0.2) is 5.78 Å². The highest BCUT2D eigenvalue weighted by atomic mass is 16.5. The Bertz CT molecular complexity index is 595. The van der Waals surface area contributed by atoms with E-state index in [4.69, 9.17) is 9.47 Å². The fourth-order valence-electron chi connectivity index (χ4n) is 3.71. The number of carbonyl (C=O) groups is 2. The molecule has 27 heavy (non-hydrogen) atoms. The zero-order valence-corrected chi connectivity index (χ0v) is 16.0. The molecule has 0 saturated carbocycles. The number of carbonyl (C=O) groups excluding carboxylic acids is 2. The van der Waals surface area contributed by atoms with Crippen molar-refractivity contribution in [1.29, 1.82) is 0 Å². The molecule has 2 saturated heterocycles. The lowest BCUT2D eigenvalue weighted by molar-refractivity contribution is -0.135. The lowest BCUT2D eigenvalue weighted by Crippen LogP contribution is -2.48. The van der Waals surface area contributed by atoms with Crippen LogP contribution in [0.4, 0.5) is 0 Å². The Hall–Kier alpha value is -1.76. The molecular formula is C21H30N2O4. The summed E-state index contributed by atoms with van der Waals surface area (Å²) in [5, 5.41) is 0. The molecule has 0 atom stereocenters. The van der Waals surface area contributed by atoms with Crippen molar-refractivity contribution in [3.8, 4) is 0 Å². The minimum atomic E-state index is 0.0315. The fraction of sp³-hybridized carbons (Fsp3) is 0.619. The van der Waals surface area contributed by atoms with Gasteiger partial charge >= 0.3 is 0 Å². The van der Waals surface area contributed by atoms with Gasteiger partial charge < -0.3 is 14.4 Å². The number of benzene rings is 1. The Morgan fingerprint density at radius 2 is 1.63 bits per heavy atom. The molecule has 6 heteroatoms. The molecule has 2 aliphatic heterocycles. The van der Waals surface area contributed by atoms with Crippen LogP contribution in [0.1, 0.15) is 36.0 Å². The largest absolute Gasteiger partial charge is 0.381 e. The Balaban J connectivity index is 1.55. The normalized spacial score (nSPS) is 19.0. The lowest BCUT2D eigenvalue weighted by Gasteiger charge is -2.36. The summed E-state index contributed by atoms with van der Waals surface area (Å²) in [5.41, 5.74) is 0.677. The molecule has 148 valence electrons. The minimum Gasteiger partial charge on any atom is -0.381 e. The van der Waals surface area contributed by atoms with Crippen LogP contribution in [0, 0.1) is 0 Å². The molecular weight excluding hydrogens is 344 g/mol. The molecule has 2 fully saturated rings. The SMILES string of the molecule is O=C(CCC(=O)N(CCN1CCOCC1)C1CCOCC1)c1ccccc1. The number of amides is 1. The van der Waals surface area contributed by atoms with Gasteiger partial charge in [0.25, 0.3) is 0 Å². The maximum Gasteiger partial charge on any atom is 0.223 e. The lowest BCUT2D eigenvalue weighted by atomic mass is 10.0. The summed E-state index contributed by atoms with van der Waals surface area (Å²) in [6, 6.07) is 9.43. The zero-order valence-electron chi connectivity index (χ0n) is 16.0. The Kier molecular flexibility index (Phi) is 7.80. The molecule has 6 nitrogen and oxygen atoms in total. The van der Waals surface area contributed by atoms with Crippen molar-refractivity contribution in [1.82, 2.24) is 9.80 Å². The zero-order chi connectivity index (χ0) is 18.9. The highest BCUT2D eigenvalue weighted by Gasteiger charge is 2.26. The van der Waals surface area contributed by atoms with Gasteiger partial charge in [-0.25, -0.2) is 0 Å². The molecule has 0 unspecified atom stereocenters. The van der Waals surface area contributed by atoms with Crippen molar-refractivity contribution >= 4 is 11.7 Å². The first kappa shape index (κ1) is 20.0. The molecule has 0 bridgehead atoms. The van der Waals surface area contributed by atoms with Gasteiger partial charge in [-0.05, 0) is 12.8 Å². The number of rotatable bonds is 8. The van der Waals surface area contributed by atoms with E-state index in [9.17, 15) is 9.59 Å². The van der Waals surface area contributed by atoms with Crippen LogP contribution in [0.2, 0.25) is 0 Å². The maximum atomic E-state index is 12.9. The highest BCUT2D eigenvalue weighted by Crippen LogP contribution is 2.17. The maximum absolute atomic E-state index is 12.9. The van der Waals surface area contributed by atoms with E-state index in [1.54, 1.807) is 0 Å². The van der Waals surface area contributed by atoms with Gasteiger partial charge in [0.2, 0.25) is 5.91 Å². The van der Waals surface area contributed by atoms with E-state index in [0.717, 1.165) is 45.7 Å². The second-order valence-corrected chi connectivity index (χ2v) is 7.17. The summed E-state index contributed by atoms with van der Waals surface area (Å²) < 4.78 is 10.9. The smallest absolute Gasteiger partial charge is 0.223 e. The van der Waals surface area contributed by atoms with Crippen LogP contribution in [-0.4, -0.2) is 80.1 Å². The van der Waals surface area contributed by atoms with E-state index < -0.39 is 0 Å². The van der Waals surface area contributed by atoms with Crippen molar-refractivity contribution in [2.24, 2.45) is 0 Å². The molecule has 0 aromatic heterocycles. The highest BCUT2D eigenvalue weighted by molar-refractivity contribution is 5.97. The van der Waals surface area contributed by atoms with E-state index in [1.807, 2.05) is 35.2 Å². The number of hydrogen-bond donors (Lipinski definition) is 0. The van der Waals surface area contributed by atoms with Crippen molar-refractivity contribution in [2.75, 3.05) is 52.6 Å².